The molecule has 1 aromatic heterocycles. The van der Waals surface area contributed by atoms with E-state index < -0.39 is 0 Å². The topological polar surface area (TPSA) is 33.1 Å². The lowest BCUT2D eigenvalue weighted by Gasteiger charge is -2.07. The van der Waals surface area contributed by atoms with Crippen molar-refractivity contribution < 1.29 is 5.11 Å². The molecule has 0 spiro atoms. The van der Waals surface area contributed by atoms with E-state index in [-0.39, 0.29) is 0 Å². The van der Waals surface area contributed by atoms with E-state index in [0.717, 1.165) is 22.0 Å². The number of hydrogen-bond donors (Lipinski definition) is 1. The highest BCUT2D eigenvalue weighted by molar-refractivity contribution is 5.89. The SMILES string of the molecule is Oc1c(Cc2ccccn2)ccc2ccccc12. The molecular formula is C16H13NO. The van der Waals surface area contributed by atoms with E-state index in [1.165, 1.54) is 0 Å². The van der Waals surface area contributed by atoms with Crippen molar-refractivity contribution >= 4 is 10.8 Å². The molecule has 3 aromatic rings. The van der Waals surface area contributed by atoms with Crippen LogP contribution in [0.2, 0.25) is 0 Å². The van der Waals surface area contributed by atoms with Crippen LogP contribution in [0.25, 0.3) is 10.8 Å². The summed E-state index contributed by atoms with van der Waals surface area (Å²) in [6.45, 7) is 0. The molecule has 0 aliphatic rings. The molecule has 0 fully saturated rings. The van der Waals surface area contributed by atoms with Gasteiger partial charge in [-0.05, 0) is 17.5 Å². The Morgan fingerprint density at radius 3 is 2.56 bits per heavy atom. The number of hydrogen-bond acceptors (Lipinski definition) is 2. The van der Waals surface area contributed by atoms with Gasteiger partial charge in [-0.15, -0.1) is 0 Å². The predicted octanol–water partition coefficient (Wildman–Crippen LogP) is 3.53. The summed E-state index contributed by atoms with van der Waals surface area (Å²) in [5, 5.41) is 12.2. The van der Waals surface area contributed by atoms with E-state index in [4.69, 9.17) is 0 Å². The number of nitrogens with zero attached hydrogens (tertiary/aromatic N) is 1. The van der Waals surface area contributed by atoms with Crippen LogP contribution in [0.1, 0.15) is 11.3 Å². The third-order valence-electron chi connectivity index (χ3n) is 3.08. The van der Waals surface area contributed by atoms with Gasteiger partial charge in [0, 0.05) is 29.3 Å². The van der Waals surface area contributed by atoms with E-state index in [1.54, 1.807) is 6.20 Å². The fourth-order valence-corrected chi connectivity index (χ4v) is 2.14. The van der Waals surface area contributed by atoms with Crippen LogP contribution >= 0.6 is 0 Å². The van der Waals surface area contributed by atoms with Gasteiger partial charge in [-0.3, -0.25) is 4.98 Å². The zero-order valence-corrected chi connectivity index (χ0v) is 9.88. The van der Waals surface area contributed by atoms with Crippen molar-refractivity contribution in [2.75, 3.05) is 0 Å². The maximum atomic E-state index is 10.3. The maximum Gasteiger partial charge on any atom is 0.126 e. The largest absolute Gasteiger partial charge is 0.507 e. The van der Waals surface area contributed by atoms with Gasteiger partial charge in [-0.25, -0.2) is 0 Å². The van der Waals surface area contributed by atoms with Crippen molar-refractivity contribution in [2.24, 2.45) is 0 Å². The van der Waals surface area contributed by atoms with Crippen LogP contribution in [0, 0.1) is 0 Å². The zero-order valence-electron chi connectivity index (χ0n) is 9.88. The minimum atomic E-state index is 0.360. The number of rotatable bonds is 2. The molecule has 0 bridgehead atoms. The Labute approximate surface area is 106 Å². The van der Waals surface area contributed by atoms with E-state index in [0.29, 0.717) is 12.2 Å². The second-order valence-corrected chi connectivity index (χ2v) is 4.29. The molecule has 0 saturated heterocycles. The van der Waals surface area contributed by atoms with E-state index in [9.17, 15) is 5.11 Å². The highest BCUT2D eigenvalue weighted by atomic mass is 16.3. The number of aromatic nitrogens is 1. The highest BCUT2D eigenvalue weighted by Gasteiger charge is 2.06. The van der Waals surface area contributed by atoms with Crippen LogP contribution in [0.5, 0.6) is 5.75 Å². The summed E-state index contributed by atoms with van der Waals surface area (Å²) in [4.78, 5) is 4.28. The summed E-state index contributed by atoms with van der Waals surface area (Å²) in [5.74, 6) is 0.360. The third kappa shape index (κ3) is 1.93. The van der Waals surface area contributed by atoms with Crippen molar-refractivity contribution in [1.82, 2.24) is 4.98 Å². The van der Waals surface area contributed by atoms with Gasteiger partial charge in [0.05, 0.1) is 0 Å². The molecule has 1 N–H and O–H groups in total. The first-order chi connectivity index (χ1) is 8.84. The Morgan fingerprint density at radius 2 is 1.72 bits per heavy atom. The summed E-state index contributed by atoms with van der Waals surface area (Å²) in [5.41, 5.74) is 1.87. The fourth-order valence-electron chi connectivity index (χ4n) is 2.14. The van der Waals surface area contributed by atoms with Gasteiger partial charge < -0.3 is 5.11 Å². The molecule has 2 nitrogen and oxygen atoms in total. The fraction of sp³-hybridized carbons (Fsp3) is 0.0625. The van der Waals surface area contributed by atoms with Crippen LogP contribution < -0.4 is 0 Å². The standard InChI is InChI=1S/C16H13NO/c18-16-13(11-14-6-3-4-10-17-14)9-8-12-5-1-2-7-15(12)16/h1-10,18H,11H2. The molecule has 2 aromatic carbocycles. The predicted molar refractivity (Wildman–Crippen MR) is 72.7 cm³/mol. The second kappa shape index (κ2) is 4.49. The van der Waals surface area contributed by atoms with Gasteiger partial charge in [0.1, 0.15) is 5.75 Å². The van der Waals surface area contributed by atoms with Crippen LogP contribution in [0.3, 0.4) is 0 Å². The van der Waals surface area contributed by atoms with Gasteiger partial charge in [0.2, 0.25) is 0 Å². The molecule has 3 rings (SSSR count). The van der Waals surface area contributed by atoms with Crippen molar-refractivity contribution in [3.63, 3.8) is 0 Å². The van der Waals surface area contributed by atoms with E-state index in [1.807, 2.05) is 54.6 Å². The summed E-state index contributed by atoms with van der Waals surface area (Å²) in [6, 6.07) is 17.7. The Bertz CT molecular complexity index is 677. The lowest BCUT2D eigenvalue weighted by atomic mass is 10.0. The molecule has 0 unspecified atom stereocenters. The first kappa shape index (κ1) is 10.8. The average Bonchev–Trinajstić information content (AvgIpc) is 2.43. The molecule has 0 aliphatic carbocycles. The van der Waals surface area contributed by atoms with Crippen LogP contribution in [0.15, 0.2) is 60.8 Å². The molecule has 0 radical (unpaired) electrons. The van der Waals surface area contributed by atoms with Crippen molar-refractivity contribution in [1.29, 1.82) is 0 Å². The molecule has 2 heteroatoms. The first-order valence-corrected chi connectivity index (χ1v) is 5.94. The van der Waals surface area contributed by atoms with Crippen LogP contribution in [0.4, 0.5) is 0 Å². The van der Waals surface area contributed by atoms with Gasteiger partial charge in [0.15, 0.2) is 0 Å². The minimum Gasteiger partial charge on any atom is -0.507 e. The number of phenolic OH excluding ortho intramolecular Hbond substituents is 1. The number of pyridine rings is 1. The van der Waals surface area contributed by atoms with Gasteiger partial charge in [-0.2, -0.15) is 0 Å². The summed E-state index contributed by atoms with van der Waals surface area (Å²) < 4.78 is 0. The zero-order chi connectivity index (χ0) is 12.4. The normalized spacial score (nSPS) is 10.7. The number of fused-ring (bicyclic) bond motifs is 1. The highest BCUT2D eigenvalue weighted by Crippen LogP contribution is 2.29. The van der Waals surface area contributed by atoms with E-state index in [2.05, 4.69) is 4.98 Å². The Hall–Kier alpha value is -2.35. The van der Waals surface area contributed by atoms with Crippen molar-refractivity contribution in [3.8, 4) is 5.75 Å². The Balaban J connectivity index is 2.05. The van der Waals surface area contributed by atoms with Crippen molar-refractivity contribution in [2.45, 2.75) is 6.42 Å². The summed E-state index contributed by atoms with van der Waals surface area (Å²) in [7, 11) is 0. The number of phenols is 1. The molecule has 1 heterocycles. The molecule has 0 atom stereocenters. The van der Waals surface area contributed by atoms with E-state index >= 15 is 0 Å². The number of aromatic hydroxyl groups is 1. The second-order valence-electron chi connectivity index (χ2n) is 4.29. The van der Waals surface area contributed by atoms with Gasteiger partial charge in [-0.1, -0.05) is 42.5 Å². The Morgan fingerprint density at radius 1 is 0.889 bits per heavy atom. The Kier molecular flexibility index (Phi) is 2.69. The van der Waals surface area contributed by atoms with Gasteiger partial charge in [0.25, 0.3) is 0 Å². The summed E-state index contributed by atoms with van der Waals surface area (Å²) >= 11 is 0. The lowest BCUT2D eigenvalue weighted by molar-refractivity contribution is 0.475. The quantitative estimate of drug-likeness (QED) is 0.737. The minimum absolute atomic E-state index is 0.360. The van der Waals surface area contributed by atoms with Crippen molar-refractivity contribution in [3.05, 3.63) is 72.1 Å². The van der Waals surface area contributed by atoms with Gasteiger partial charge >= 0.3 is 0 Å². The summed E-state index contributed by atoms with van der Waals surface area (Å²) in [6.07, 6.45) is 2.42. The maximum absolute atomic E-state index is 10.3. The molecule has 88 valence electrons. The molecule has 18 heavy (non-hydrogen) atoms. The third-order valence-corrected chi connectivity index (χ3v) is 3.08. The molecule has 0 aliphatic heterocycles. The average molecular weight is 235 g/mol. The number of benzene rings is 2. The van der Waals surface area contributed by atoms with Crippen LogP contribution in [-0.4, -0.2) is 10.1 Å². The molecule has 0 saturated carbocycles. The van der Waals surface area contributed by atoms with Crippen LogP contribution in [-0.2, 0) is 6.42 Å². The molecular weight excluding hydrogens is 222 g/mol. The smallest absolute Gasteiger partial charge is 0.126 e. The molecule has 0 amide bonds. The lowest BCUT2D eigenvalue weighted by Crippen LogP contribution is -1.92. The monoisotopic (exact) mass is 235 g/mol. The first-order valence-electron chi connectivity index (χ1n) is 5.94.